The molecule has 0 amide bonds. The molecule has 4 aliphatic rings. The van der Waals surface area contributed by atoms with Crippen LogP contribution in [0.5, 0.6) is 0 Å². The standard InChI is InChI=1S/C19H21O5/c1-3-7-22-16(5-1)14-11-21-12-15(18-13-20-9-10-24-18)19(14)17-6-2-4-8-23-17/h2-8,11-12,14,17-19H,1,9-10,13H2. The van der Waals surface area contributed by atoms with Gasteiger partial charge < -0.3 is 23.7 Å². The lowest BCUT2D eigenvalue weighted by atomic mass is 9.77. The third kappa shape index (κ3) is 3.14. The first-order valence-corrected chi connectivity index (χ1v) is 8.32. The van der Waals surface area contributed by atoms with Gasteiger partial charge in [0, 0.05) is 11.5 Å². The molecule has 127 valence electrons. The molecule has 0 aromatic rings. The predicted molar refractivity (Wildman–Crippen MR) is 87.1 cm³/mol. The second kappa shape index (κ2) is 7.28. The number of ether oxygens (including phenoxy) is 5. The van der Waals surface area contributed by atoms with Crippen molar-refractivity contribution in [2.24, 2.45) is 11.8 Å². The van der Waals surface area contributed by atoms with Crippen LogP contribution in [-0.4, -0.2) is 32.0 Å². The number of allylic oxidation sites excluding steroid dienone is 4. The topological polar surface area (TPSA) is 46.2 Å². The molecule has 5 heteroatoms. The van der Waals surface area contributed by atoms with Gasteiger partial charge in [0.1, 0.15) is 24.6 Å². The van der Waals surface area contributed by atoms with Crippen molar-refractivity contribution in [3.05, 3.63) is 67.1 Å². The predicted octanol–water partition coefficient (Wildman–Crippen LogP) is 3.00. The first kappa shape index (κ1) is 15.5. The van der Waals surface area contributed by atoms with Gasteiger partial charge in [-0.3, -0.25) is 0 Å². The zero-order valence-electron chi connectivity index (χ0n) is 13.4. The Labute approximate surface area is 141 Å². The van der Waals surface area contributed by atoms with Gasteiger partial charge in [-0.05, 0) is 30.7 Å². The SMILES string of the molecule is [CH]1OC=C(C2COCCO2)C(C2C=CC=CO2)C1C1=CCC=CO1. The highest BCUT2D eigenvalue weighted by Crippen LogP contribution is 2.41. The molecule has 24 heavy (non-hydrogen) atoms. The normalized spacial score (nSPS) is 35.3. The fourth-order valence-electron chi connectivity index (χ4n) is 3.42. The Morgan fingerprint density at radius 1 is 1.08 bits per heavy atom. The van der Waals surface area contributed by atoms with Gasteiger partial charge in [0.25, 0.3) is 0 Å². The van der Waals surface area contributed by atoms with Crippen LogP contribution in [0.1, 0.15) is 6.42 Å². The van der Waals surface area contributed by atoms with E-state index >= 15 is 0 Å². The Bertz CT molecular complexity index is 595. The van der Waals surface area contributed by atoms with Crippen LogP contribution in [0.15, 0.2) is 60.5 Å². The largest absolute Gasteiger partial charge is 0.493 e. The Morgan fingerprint density at radius 2 is 2.08 bits per heavy atom. The molecule has 4 aliphatic heterocycles. The van der Waals surface area contributed by atoms with Crippen LogP contribution in [0, 0.1) is 18.4 Å². The average molecular weight is 329 g/mol. The van der Waals surface area contributed by atoms with E-state index in [-0.39, 0.29) is 24.0 Å². The summed E-state index contributed by atoms with van der Waals surface area (Å²) in [5, 5.41) is 0. The van der Waals surface area contributed by atoms with Gasteiger partial charge in [0.2, 0.25) is 0 Å². The molecule has 0 spiro atoms. The van der Waals surface area contributed by atoms with Crippen molar-refractivity contribution in [2.45, 2.75) is 18.6 Å². The van der Waals surface area contributed by atoms with Crippen LogP contribution >= 0.6 is 0 Å². The zero-order valence-corrected chi connectivity index (χ0v) is 13.4. The van der Waals surface area contributed by atoms with Crippen LogP contribution in [0.4, 0.5) is 0 Å². The molecule has 5 nitrogen and oxygen atoms in total. The molecule has 0 aliphatic carbocycles. The van der Waals surface area contributed by atoms with Crippen LogP contribution in [0.3, 0.4) is 0 Å². The Hall–Kier alpha value is -1.98. The fraction of sp³-hybridized carbons (Fsp3) is 0.421. The Morgan fingerprint density at radius 3 is 2.83 bits per heavy atom. The van der Waals surface area contributed by atoms with Gasteiger partial charge in [0.05, 0.1) is 44.5 Å². The van der Waals surface area contributed by atoms with Crippen molar-refractivity contribution in [1.29, 1.82) is 0 Å². The maximum Gasteiger partial charge on any atom is 0.146 e. The molecule has 0 aromatic carbocycles. The molecular weight excluding hydrogens is 308 g/mol. The second-order valence-corrected chi connectivity index (χ2v) is 6.02. The molecule has 4 atom stereocenters. The maximum absolute atomic E-state index is 5.92. The lowest BCUT2D eigenvalue weighted by Gasteiger charge is -2.40. The zero-order chi connectivity index (χ0) is 16.2. The Kier molecular flexibility index (Phi) is 4.71. The summed E-state index contributed by atoms with van der Waals surface area (Å²) < 4.78 is 28.8. The summed E-state index contributed by atoms with van der Waals surface area (Å²) in [4.78, 5) is 0. The van der Waals surface area contributed by atoms with Crippen molar-refractivity contribution in [3.63, 3.8) is 0 Å². The van der Waals surface area contributed by atoms with E-state index in [0.29, 0.717) is 19.8 Å². The summed E-state index contributed by atoms with van der Waals surface area (Å²) in [6, 6.07) is 0. The van der Waals surface area contributed by atoms with E-state index in [1.54, 1.807) is 18.8 Å². The van der Waals surface area contributed by atoms with Gasteiger partial charge in [-0.2, -0.15) is 0 Å². The lowest BCUT2D eigenvalue weighted by molar-refractivity contribution is -0.0830. The van der Waals surface area contributed by atoms with Gasteiger partial charge in [0.15, 0.2) is 0 Å². The Balaban J connectivity index is 1.63. The summed E-state index contributed by atoms with van der Waals surface area (Å²) in [7, 11) is 0. The molecule has 4 unspecified atom stereocenters. The number of rotatable bonds is 3. The summed E-state index contributed by atoms with van der Waals surface area (Å²) >= 11 is 0. The van der Waals surface area contributed by atoms with Crippen molar-refractivity contribution < 1.29 is 23.7 Å². The number of hydrogen-bond acceptors (Lipinski definition) is 5. The van der Waals surface area contributed by atoms with Crippen LogP contribution in [-0.2, 0) is 23.7 Å². The van der Waals surface area contributed by atoms with E-state index in [0.717, 1.165) is 17.8 Å². The van der Waals surface area contributed by atoms with Gasteiger partial charge in [-0.1, -0.05) is 6.08 Å². The molecule has 1 saturated heterocycles. The molecular formula is C19H21O5. The molecule has 0 saturated carbocycles. The monoisotopic (exact) mass is 329 g/mol. The van der Waals surface area contributed by atoms with Gasteiger partial charge in [-0.25, -0.2) is 0 Å². The van der Waals surface area contributed by atoms with Crippen molar-refractivity contribution in [2.75, 3.05) is 19.8 Å². The summed E-state index contributed by atoms with van der Waals surface area (Å²) in [6.07, 6.45) is 15.9. The molecule has 1 radical (unpaired) electrons. The lowest BCUT2D eigenvalue weighted by Crippen LogP contribution is -2.42. The van der Waals surface area contributed by atoms with Crippen LogP contribution in [0.2, 0.25) is 0 Å². The molecule has 1 fully saturated rings. The highest BCUT2D eigenvalue weighted by atomic mass is 16.6. The first-order chi connectivity index (χ1) is 11.9. The van der Waals surface area contributed by atoms with E-state index < -0.39 is 0 Å². The smallest absolute Gasteiger partial charge is 0.146 e. The maximum atomic E-state index is 5.92. The highest BCUT2D eigenvalue weighted by molar-refractivity contribution is 5.27. The average Bonchev–Trinajstić information content (AvgIpc) is 2.69. The minimum Gasteiger partial charge on any atom is -0.493 e. The van der Waals surface area contributed by atoms with Crippen molar-refractivity contribution >= 4 is 0 Å². The van der Waals surface area contributed by atoms with Crippen molar-refractivity contribution in [1.82, 2.24) is 0 Å². The quantitative estimate of drug-likeness (QED) is 0.796. The van der Waals surface area contributed by atoms with E-state index in [2.05, 4.69) is 12.2 Å². The van der Waals surface area contributed by atoms with E-state index in [9.17, 15) is 0 Å². The summed E-state index contributed by atoms with van der Waals surface area (Å²) in [6.45, 7) is 3.57. The van der Waals surface area contributed by atoms with E-state index in [4.69, 9.17) is 23.7 Å². The fourth-order valence-corrected chi connectivity index (χ4v) is 3.42. The minimum atomic E-state index is -0.123. The number of hydrogen-bond donors (Lipinski definition) is 0. The first-order valence-electron chi connectivity index (χ1n) is 8.32. The molecule has 4 heterocycles. The third-order valence-electron chi connectivity index (χ3n) is 4.55. The van der Waals surface area contributed by atoms with Gasteiger partial charge in [-0.15, -0.1) is 0 Å². The molecule has 0 bridgehead atoms. The summed E-state index contributed by atoms with van der Waals surface area (Å²) in [5.41, 5.74) is 1.05. The van der Waals surface area contributed by atoms with Gasteiger partial charge >= 0.3 is 0 Å². The molecule has 0 N–H and O–H groups in total. The third-order valence-corrected chi connectivity index (χ3v) is 4.55. The minimum absolute atomic E-state index is 0.0319. The summed E-state index contributed by atoms with van der Waals surface area (Å²) in [5.74, 6) is 0.877. The van der Waals surface area contributed by atoms with Crippen molar-refractivity contribution in [3.8, 4) is 0 Å². The van der Waals surface area contributed by atoms with E-state index in [1.165, 1.54) is 0 Å². The second-order valence-electron chi connectivity index (χ2n) is 6.02. The molecule has 4 rings (SSSR count). The van der Waals surface area contributed by atoms with Crippen LogP contribution < -0.4 is 0 Å². The molecule has 0 aromatic heterocycles. The van der Waals surface area contributed by atoms with Crippen LogP contribution in [0.25, 0.3) is 0 Å². The highest BCUT2D eigenvalue weighted by Gasteiger charge is 2.42. The van der Waals surface area contributed by atoms with E-state index in [1.807, 2.05) is 24.8 Å².